The SMILES string of the molecule is Clc1nc2cccnc2c2nncn12. The van der Waals surface area contributed by atoms with E-state index in [2.05, 4.69) is 20.2 Å². The molecule has 3 heterocycles. The van der Waals surface area contributed by atoms with E-state index in [1.54, 1.807) is 16.7 Å². The zero-order chi connectivity index (χ0) is 9.54. The van der Waals surface area contributed by atoms with Gasteiger partial charge >= 0.3 is 0 Å². The number of hydrogen-bond acceptors (Lipinski definition) is 4. The van der Waals surface area contributed by atoms with E-state index in [1.807, 2.05) is 6.07 Å². The highest BCUT2D eigenvalue weighted by Crippen LogP contribution is 2.17. The quantitative estimate of drug-likeness (QED) is 0.520. The lowest BCUT2D eigenvalue weighted by atomic mass is 10.3. The summed E-state index contributed by atoms with van der Waals surface area (Å²) in [6.07, 6.45) is 3.20. The molecule has 0 amide bonds. The Balaban J connectivity index is 2.66. The van der Waals surface area contributed by atoms with Crippen molar-refractivity contribution in [3.8, 4) is 0 Å². The minimum absolute atomic E-state index is 0.338. The predicted molar refractivity (Wildman–Crippen MR) is 51.1 cm³/mol. The second-order valence-electron chi connectivity index (χ2n) is 2.78. The molecule has 0 unspecified atom stereocenters. The second kappa shape index (κ2) is 2.62. The molecule has 3 rings (SSSR count). The molecule has 0 spiro atoms. The van der Waals surface area contributed by atoms with Crippen LogP contribution in [-0.4, -0.2) is 24.6 Å². The smallest absolute Gasteiger partial charge is 0.210 e. The number of hydrogen-bond donors (Lipinski definition) is 0. The summed E-state index contributed by atoms with van der Waals surface area (Å²) in [4.78, 5) is 8.34. The van der Waals surface area contributed by atoms with E-state index in [0.717, 1.165) is 5.52 Å². The van der Waals surface area contributed by atoms with Gasteiger partial charge in [-0.2, -0.15) is 0 Å². The van der Waals surface area contributed by atoms with Crippen LogP contribution in [0.25, 0.3) is 16.7 Å². The highest BCUT2D eigenvalue weighted by molar-refractivity contribution is 6.29. The molecule has 0 saturated heterocycles. The van der Waals surface area contributed by atoms with Gasteiger partial charge in [0.25, 0.3) is 0 Å². The fourth-order valence-electron chi connectivity index (χ4n) is 1.34. The maximum absolute atomic E-state index is 5.92. The van der Waals surface area contributed by atoms with E-state index in [0.29, 0.717) is 16.4 Å². The van der Waals surface area contributed by atoms with Gasteiger partial charge in [-0.1, -0.05) is 0 Å². The second-order valence-corrected chi connectivity index (χ2v) is 3.11. The zero-order valence-corrected chi connectivity index (χ0v) is 7.68. The van der Waals surface area contributed by atoms with Crippen LogP contribution >= 0.6 is 11.6 Å². The van der Waals surface area contributed by atoms with Crippen LogP contribution in [0.1, 0.15) is 0 Å². The van der Waals surface area contributed by atoms with Crippen molar-refractivity contribution in [2.75, 3.05) is 0 Å². The van der Waals surface area contributed by atoms with Crippen molar-refractivity contribution in [3.05, 3.63) is 29.9 Å². The van der Waals surface area contributed by atoms with Crippen molar-refractivity contribution < 1.29 is 0 Å². The molecule has 0 fully saturated rings. The van der Waals surface area contributed by atoms with Gasteiger partial charge in [0.05, 0.1) is 5.52 Å². The maximum atomic E-state index is 5.92. The normalized spacial score (nSPS) is 11.2. The molecule has 0 bridgehead atoms. The first-order chi connectivity index (χ1) is 6.86. The monoisotopic (exact) mass is 205 g/mol. The lowest BCUT2D eigenvalue weighted by Crippen LogP contribution is -1.93. The molecule has 0 aliphatic carbocycles. The summed E-state index contributed by atoms with van der Waals surface area (Å²) < 4.78 is 1.59. The largest absolute Gasteiger partial charge is 0.254 e. The van der Waals surface area contributed by atoms with Crippen LogP contribution in [-0.2, 0) is 0 Å². The van der Waals surface area contributed by atoms with Crippen molar-refractivity contribution >= 4 is 28.3 Å². The molecule has 14 heavy (non-hydrogen) atoms. The third-order valence-electron chi connectivity index (χ3n) is 1.96. The molecule has 3 aromatic rings. The Kier molecular flexibility index (Phi) is 1.43. The third-order valence-corrected chi connectivity index (χ3v) is 2.22. The Morgan fingerprint density at radius 3 is 3.21 bits per heavy atom. The van der Waals surface area contributed by atoms with E-state index >= 15 is 0 Å². The lowest BCUT2D eigenvalue weighted by Gasteiger charge is -1.99. The van der Waals surface area contributed by atoms with Gasteiger partial charge in [0.15, 0.2) is 5.65 Å². The third kappa shape index (κ3) is 0.898. The Morgan fingerprint density at radius 2 is 2.29 bits per heavy atom. The fraction of sp³-hybridized carbons (Fsp3) is 0. The Morgan fingerprint density at radius 1 is 1.36 bits per heavy atom. The van der Waals surface area contributed by atoms with Crippen LogP contribution in [0.15, 0.2) is 24.7 Å². The van der Waals surface area contributed by atoms with Gasteiger partial charge < -0.3 is 0 Å². The number of nitrogens with zero attached hydrogens (tertiary/aromatic N) is 5. The van der Waals surface area contributed by atoms with E-state index in [9.17, 15) is 0 Å². The first kappa shape index (κ1) is 7.64. The van der Waals surface area contributed by atoms with Crippen molar-refractivity contribution in [3.63, 3.8) is 0 Å². The van der Waals surface area contributed by atoms with E-state index in [-0.39, 0.29) is 0 Å². The summed E-state index contributed by atoms with van der Waals surface area (Å²) in [5.41, 5.74) is 2.05. The number of halogens is 1. The fourth-order valence-corrected chi connectivity index (χ4v) is 1.56. The molecule has 0 aliphatic heterocycles. The van der Waals surface area contributed by atoms with Gasteiger partial charge in [-0.05, 0) is 23.7 Å². The first-order valence-corrected chi connectivity index (χ1v) is 4.34. The molecule has 68 valence electrons. The van der Waals surface area contributed by atoms with E-state index in [4.69, 9.17) is 11.6 Å². The molecular formula is C8H4ClN5. The highest BCUT2D eigenvalue weighted by Gasteiger charge is 2.07. The van der Waals surface area contributed by atoms with Gasteiger partial charge in [-0.3, -0.25) is 9.38 Å². The van der Waals surface area contributed by atoms with Gasteiger partial charge in [0.1, 0.15) is 11.8 Å². The minimum atomic E-state index is 0.338. The number of fused-ring (bicyclic) bond motifs is 3. The topological polar surface area (TPSA) is 56.0 Å². The first-order valence-electron chi connectivity index (χ1n) is 3.96. The minimum Gasteiger partial charge on any atom is -0.254 e. The molecule has 3 aromatic heterocycles. The van der Waals surface area contributed by atoms with Crippen molar-refractivity contribution in [1.29, 1.82) is 0 Å². The predicted octanol–water partition coefficient (Wildman–Crippen LogP) is 1.33. The summed E-state index contributed by atoms with van der Waals surface area (Å²) in [5, 5.41) is 8.03. The van der Waals surface area contributed by atoms with Crippen LogP contribution in [0.3, 0.4) is 0 Å². The van der Waals surface area contributed by atoms with Crippen LogP contribution in [0.5, 0.6) is 0 Å². The van der Waals surface area contributed by atoms with Crippen LogP contribution in [0.4, 0.5) is 0 Å². The molecular weight excluding hydrogens is 202 g/mol. The van der Waals surface area contributed by atoms with E-state index < -0.39 is 0 Å². The van der Waals surface area contributed by atoms with Crippen LogP contribution in [0, 0.1) is 0 Å². The summed E-state index contributed by atoms with van der Waals surface area (Å²) in [5.74, 6) is 0. The van der Waals surface area contributed by atoms with Gasteiger partial charge in [-0.25, -0.2) is 4.98 Å². The van der Waals surface area contributed by atoms with Gasteiger partial charge in [0.2, 0.25) is 5.28 Å². The summed E-state index contributed by atoms with van der Waals surface area (Å²) in [7, 11) is 0. The Hall–Kier alpha value is -1.75. The molecule has 0 aliphatic rings. The molecule has 5 nitrogen and oxygen atoms in total. The number of pyridine rings is 1. The molecule has 0 saturated carbocycles. The molecule has 6 heteroatoms. The van der Waals surface area contributed by atoms with Crippen LogP contribution in [0.2, 0.25) is 5.28 Å². The van der Waals surface area contributed by atoms with Crippen molar-refractivity contribution in [2.45, 2.75) is 0 Å². The maximum Gasteiger partial charge on any atom is 0.210 e. The number of aromatic nitrogens is 5. The molecule has 0 radical (unpaired) electrons. The molecule has 0 aromatic carbocycles. The lowest BCUT2D eigenvalue weighted by molar-refractivity contribution is 1.08. The van der Waals surface area contributed by atoms with Crippen LogP contribution < -0.4 is 0 Å². The number of rotatable bonds is 0. The average Bonchev–Trinajstić information content (AvgIpc) is 2.67. The Bertz CT molecular complexity index is 617. The highest BCUT2D eigenvalue weighted by atomic mass is 35.5. The van der Waals surface area contributed by atoms with Crippen molar-refractivity contribution in [1.82, 2.24) is 24.6 Å². The summed E-state index contributed by atoms with van der Waals surface area (Å²) >= 11 is 5.92. The molecule has 0 atom stereocenters. The zero-order valence-electron chi connectivity index (χ0n) is 6.92. The average molecular weight is 206 g/mol. The standard InChI is InChI=1S/C8H4ClN5/c9-8-12-5-2-1-3-10-6(5)7-13-11-4-14(7)8/h1-4H. The van der Waals surface area contributed by atoms with Gasteiger partial charge in [-0.15, -0.1) is 10.2 Å². The Labute approximate surface area is 83.4 Å². The molecule has 0 N–H and O–H groups in total. The summed E-state index contributed by atoms with van der Waals surface area (Å²) in [6.45, 7) is 0. The summed E-state index contributed by atoms with van der Waals surface area (Å²) in [6, 6.07) is 3.64. The van der Waals surface area contributed by atoms with E-state index in [1.165, 1.54) is 6.33 Å². The van der Waals surface area contributed by atoms with Gasteiger partial charge in [0, 0.05) is 6.20 Å². The van der Waals surface area contributed by atoms with Crippen molar-refractivity contribution in [2.24, 2.45) is 0 Å².